The molecule has 1 heterocycles. The third-order valence-corrected chi connectivity index (χ3v) is 4.29. The maximum atomic E-state index is 13.4. The van der Waals surface area contributed by atoms with Crippen LogP contribution in [0.5, 0.6) is 0 Å². The number of nitrogens with zero attached hydrogens (tertiary/aromatic N) is 1. The highest BCUT2D eigenvalue weighted by atomic mass is 32.2. The van der Waals surface area contributed by atoms with Gasteiger partial charge in [0.25, 0.3) is 5.91 Å². The standard InChI is InChI=1S/C13H17FN2OS/c1-13(2)8-16(6-7-18-13)12(17)9-4-3-5-10(14)11(9)15/h3-5H,6-8,15H2,1-2H3. The first-order valence-corrected chi connectivity index (χ1v) is 6.86. The number of hydrogen-bond donors (Lipinski definition) is 1. The lowest BCUT2D eigenvalue weighted by molar-refractivity contribution is 0.0748. The van der Waals surface area contributed by atoms with Gasteiger partial charge in [-0.3, -0.25) is 4.79 Å². The first-order chi connectivity index (χ1) is 8.41. The highest BCUT2D eigenvalue weighted by Gasteiger charge is 2.31. The summed E-state index contributed by atoms with van der Waals surface area (Å²) in [5.41, 5.74) is 5.83. The molecule has 98 valence electrons. The second-order valence-electron chi connectivity index (χ2n) is 5.04. The van der Waals surface area contributed by atoms with Crippen molar-refractivity contribution in [3.63, 3.8) is 0 Å². The topological polar surface area (TPSA) is 46.3 Å². The zero-order valence-corrected chi connectivity index (χ0v) is 11.4. The Hall–Kier alpha value is -1.23. The Morgan fingerprint density at radius 1 is 1.50 bits per heavy atom. The number of anilines is 1. The van der Waals surface area contributed by atoms with Gasteiger partial charge in [0.2, 0.25) is 0 Å². The van der Waals surface area contributed by atoms with E-state index in [1.807, 2.05) is 11.8 Å². The third-order valence-electron chi connectivity index (χ3n) is 3.00. The van der Waals surface area contributed by atoms with Gasteiger partial charge in [-0.15, -0.1) is 0 Å². The van der Waals surface area contributed by atoms with Crippen LogP contribution in [0.1, 0.15) is 24.2 Å². The lowest BCUT2D eigenvalue weighted by atomic mass is 10.1. The SMILES string of the molecule is CC1(C)CN(C(=O)c2cccc(F)c2N)CCS1. The van der Waals surface area contributed by atoms with Gasteiger partial charge in [-0.05, 0) is 26.0 Å². The molecule has 0 unspecified atom stereocenters. The van der Waals surface area contributed by atoms with E-state index in [4.69, 9.17) is 5.73 Å². The molecule has 0 spiro atoms. The number of nitrogen functional groups attached to an aromatic ring is 1. The molecule has 0 saturated carbocycles. The third kappa shape index (κ3) is 2.61. The van der Waals surface area contributed by atoms with Crippen LogP contribution in [-0.4, -0.2) is 34.4 Å². The second kappa shape index (κ2) is 4.80. The molecule has 1 saturated heterocycles. The predicted octanol–water partition coefficient (Wildman–Crippen LogP) is 2.38. The quantitative estimate of drug-likeness (QED) is 0.795. The number of para-hydroxylation sites is 1. The van der Waals surface area contributed by atoms with Crippen molar-refractivity contribution in [2.24, 2.45) is 0 Å². The molecule has 2 N–H and O–H groups in total. The Morgan fingerprint density at radius 3 is 2.89 bits per heavy atom. The molecule has 2 rings (SSSR count). The average Bonchev–Trinajstić information content (AvgIpc) is 2.30. The van der Waals surface area contributed by atoms with Gasteiger partial charge in [-0.1, -0.05) is 6.07 Å². The Balaban J connectivity index is 2.23. The number of hydrogen-bond acceptors (Lipinski definition) is 3. The zero-order valence-electron chi connectivity index (χ0n) is 10.6. The van der Waals surface area contributed by atoms with Crippen molar-refractivity contribution >= 4 is 23.4 Å². The summed E-state index contributed by atoms with van der Waals surface area (Å²) in [7, 11) is 0. The monoisotopic (exact) mass is 268 g/mol. The van der Waals surface area contributed by atoms with Crippen LogP contribution in [0, 0.1) is 5.82 Å². The van der Waals surface area contributed by atoms with E-state index in [-0.39, 0.29) is 21.9 Å². The maximum Gasteiger partial charge on any atom is 0.256 e. The molecular formula is C13H17FN2OS. The van der Waals surface area contributed by atoms with E-state index < -0.39 is 5.82 Å². The van der Waals surface area contributed by atoms with Gasteiger partial charge in [0, 0.05) is 23.6 Å². The van der Waals surface area contributed by atoms with Gasteiger partial charge in [0.1, 0.15) is 5.82 Å². The predicted molar refractivity (Wildman–Crippen MR) is 73.3 cm³/mol. The average molecular weight is 268 g/mol. The first-order valence-electron chi connectivity index (χ1n) is 5.88. The molecule has 1 aromatic carbocycles. The Labute approximate surface area is 111 Å². The van der Waals surface area contributed by atoms with E-state index in [9.17, 15) is 9.18 Å². The summed E-state index contributed by atoms with van der Waals surface area (Å²) in [6.07, 6.45) is 0. The molecule has 0 aliphatic carbocycles. The van der Waals surface area contributed by atoms with Crippen molar-refractivity contribution in [3.8, 4) is 0 Å². The minimum absolute atomic E-state index is 0.0377. The molecule has 0 bridgehead atoms. The minimum atomic E-state index is -0.536. The summed E-state index contributed by atoms with van der Waals surface area (Å²) in [6.45, 7) is 5.55. The summed E-state index contributed by atoms with van der Waals surface area (Å²) < 4.78 is 13.4. The zero-order chi connectivity index (χ0) is 13.3. The van der Waals surface area contributed by atoms with Gasteiger partial charge in [-0.25, -0.2) is 4.39 Å². The highest BCUT2D eigenvalue weighted by molar-refractivity contribution is 8.00. The number of amides is 1. The van der Waals surface area contributed by atoms with Crippen LogP contribution < -0.4 is 5.73 Å². The fourth-order valence-corrected chi connectivity index (χ4v) is 3.20. The van der Waals surface area contributed by atoms with Gasteiger partial charge in [0.05, 0.1) is 11.3 Å². The molecule has 1 amide bonds. The van der Waals surface area contributed by atoms with Crippen LogP contribution in [0.2, 0.25) is 0 Å². The van der Waals surface area contributed by atoms with E-state index in [0.29, 0.717) is 13.1 Å². The number of halogens is 1. The molecule has 1 aliphatic rings. The number of carbonyl (C=O) groups is 1. The van der Waals surface area contributed by atoms with E-state index in [1.165, 1.54) is 12.1 Å². The number of nitrogens with two attached hydrogens (primary N) is 1. The molecule has 0 atom stereocenters. The molecule has 5 heteroatoms. The molecule has 3 nitrogen and oxygen atoms in total. The normalized spacial score (nSPS) is 18.7. The Kier molecular flexibility index (Phi) is 3.52. The van der Waals surface area contributed by atoms with E-state index in [1.54, 1.807) is 11.0 Å². The van der Waals surface area contributed by atoms with Crippen LogP contribution in [0.25, 0.3) is 0 Å². The smallest absolute Gasteiger partial charge is 0.256 e. The van der Waals surface area contributed by atoms with E-state index in [0.717, 1.165) is 5.75 Å². The van der Waals surface area contributed by atoms with Crippen LogP contribution in [-0.2, 0) is 0 Å². The molecule has 0 radical (unpaired) electrons. The number of rotatable bonds is 1. The Morgan fingerprint density at radius 2 is 2.22 bits per heavy atom. The lowest BCUT2D eigenvalue weighted by Crippen LogP contribution is -2.46. The highest BCUT2D eigenvalue weighted by Crippen LogP contribution is 2.30. The van der Waals surface area contributed by atoms with Gasteiger partial charge in [0.15, 0.2) is 0 Å². The fraction of sp³-hybridized carbons (Fsp3) is 0.462. The van der Waals surface area contributed by atoms with Crippen molar-refractivity contribution < 1.29 is 9.18 Å². The summed E-state index contributed by atoms with van der Waals surface area (Å²) in [6, 6.07) is 4.36. The summed E-state index contributed by atoms with van der Waals surface area (Å²) in [5, 5.41) is 0. The maximum absolute atomic E-state index is 13.4. The van der Waals surface area contributed by atoms with Crippen molar-refractivity contribution in [1.29, 1.82) is 0 Å². The Bertz CT molecular complexity index is 476. The summed E-state index contributed by atoms with van der Waals surface area (Å²) >= 11 is 1.84. The number of carbonyl (C=O) groups excluding carboxylic acids is 1. The van der Waals surface area contributed by atoms with Crippen LogP contribution in [0.4, 0.5) is 10.1 Å². The van der Waals surface area contributed by atoms with Crippen LogP contribution >= 0.6 is 11.8 Å². The van der Waals surface area contributed by atoms with Crippen LogP contribution in [0.3, 0.4) is 0 Å². The van der Waals surface area contributed by atoms with Crippen LogP contribution in [0.15, 0.2) is 18.2 Å². The summed E-state index contributed by atoms with van der Waals surface area (Å²) in [5.74, 6) is 0.181. The van der Waals surface area contributed by atoms with Crippen molar-refractivity contribution in [1.82, 2.24) is 4.90 Å². The largest absolute Gasteiger partial charge is 0.396 e. The van der Waals surface area contributed by atoms with Gasteiger partial charge < -0.3 is 10.6 Å². The fourth-order valence-electron chi connectivity index (χ4n) is 2.08. The van der Waals surface area contributed by atoms with Crippen molar-refractivity contribution in [3.05, 3.63) is 29.6 Å². The molecule has 18 heavy (non-hydrogen) atoms. The molecule has 1 aliphatic heterocycles. The van der Waals surface area contributed by atoms with Crippen molar-refractivity contribution in [2.75, 3.05) is 24.6 Å². The summed E-state index contributed by atoms with van der Waals surface area (Å²) in [4.78, 5) is 14.1. The molecule has 0 aromatic heterocycles. The minimum Gasteiger partial charge on any atom is -0.396 e. The molecule has 1 fully saturated rings. The lowest BCUT2D eigenvalue weighted by Gasteiger charge is -2.37. The van der Waals surface area contributed by atoms with E-state index >= 15 is 0 Å². The first kappa shape index (κ1) is 13.2. The number of benzene rings is 1. The second-order valence-corrected chi connectivity index (χ2v) is 6.84. The molecule has 1 aromatic rings. The van der Waals surface area contributed by atoms with Crippen molar-refractivity contribution in [2.45, 2.75) is 18.6 Å². The van der Waals surface area contributed by atoms with E-state index in [2.05, 4.69) is 13.8 Å². The molecular weight excluding hydrogens is 251 g/mol. The van der Waals surface area contributed by atoms with Gasteiger partial charge >= 0.3 is 0 Å². The number of thioether (sulfide) groups is 1. The van der Waals surface area contributed by atoms with Gasteiger partial charge in [-0.2, -0.15) is 11.8 Å².